The summed E-state index contributed by atoms with van der Waals surface area (Å²) in [6.07, 6.45) is 11.8. The van der Waals surface area contributed by atoms with Crippen molar-refractivity contribution in [3.8, 4) is 0 Å². The van der Waals surface area contributed by atoms with E-state index in [9.17, 15) is 4.57 Å². The number of unbranched alkanes of at least 4 members (excludes halogenated alkanes) is 9. The van der Waals surface area contributed by atoms with Crippen LogP contribution in [0.4, 0.5) is 0 Å². The van der Waals surface area contributed by atoms with Crippen LogP contribution in [-0.4, -0.2) is 21.7 Å². The smallest absolute Gasteiger partial charge is 0.324 e. The van der Waals surface area contributed by atoms with Crippen LogP contribution in [0.1, 0.15) is 64.2 Å². The van der Waals surface area contributed by atoms with E-state index in [0.717, 1.165) is 18.6 Å². The maximum absolute atomic E-state index is 10.6. The molecule has 0 atom stereocenters. The SMILES string of the molecule is O=P(O)(O)CCCCCCCCCCCCSS. The standard InChI is InChI=1S/C12H27O3PS2/c13-16(14,15)11-9-7-5-3-1-2-4-6-8-10-12-18-17/h17H,1-12H2,(H2,13,14,15). The van der Waals surface area contributed by atoms with Crippen molar-refractivity contribution in [1.29, 1.82) is 0 Å². The summed E-state index contributed by atoms with van der Waals surface area (Å²) in [6.45, 7) is 0. The molecule has 0 aromatic rings. The van der Waals surface area contributed by atoms with E-state index in [4.69, 9.17) is 9.79 Å². The van der Waals surface area contributed by atoms with Gasteiger partial charge in [0.15, 0.2) is 0 Å². The summed E-state index contributed by atoms with van der Waals surface area (Å²) in [4.78, 5) is 17.4. The van der Waals surface area contributed by atoms with Gasteiger partial charge in [-0.15, -0.1) is 11.7 Å². The summed E-state index contributed by atoms with van der Waals surface area (Å²) >= 11 is 4.11. The minimum Gasteiger partial charge on any atom is -0.324 e. The van der Waals surface area contributed by atoms with E-state index in [1.165, 1.54) is 44.9 Å². The van der Waals surface area contributed by atoms with Crippen molar-refractivity contribution in [3.63, 3.8) is 0 Å². The van der Waals surface area contributed by atoms with Crippen molar-refractivity contribution in [1.82, 2.24) is 0 Å². The molecule has 0 amide bonds. The van der Waals surface area contributed by atoms with E-state index in [0.29, 0.717) is 6.42 Å². The van der Waals surface area contributed by atoms with Crippen molar-refractivity contribution >= 4 is 30.1 Å². The van der Waals surface area contributed by atoms with E-state index in [1.54, 1.807) is 10.8 Å². The number of thiol groups is 1. The number of rotatable bonds is 13. The Morgan fingerprint density at radius 1 is 0.778 bits per heavy atom. The third-order valence-electron chi connectivity index (χ3n) is 2.94. The highest BCUT2D eigenvalue weighted by Gasteiger charge is 2.10. The largest absolute Gasteiger partial charge is 0.325 e. The molecule has 0 aliphatic rings. The zero-order valence-corrected chi connectivity index (χ0v) is 13.7. The van der Waals surface area contributed by atoms with Gasteiger partial charge in [-0.1, -0.05) is 62.2 Å². The molecule has 0 saturated heterocycles. The third-order valence-corrected chi connectivity index (χ3v) is 4.85. The second-order valence-electron chi connectivity index (χ2n) is 4.76. The molecule has 0 fully saturated rings. The number of hydrogen-bond donors (Lipinski definition) is 3. The molecule has 0 aromatic carbocycles. The first kappa shape index (κ1) is 18.9. The molecule has 0 aromatic heterocycles. The Kier molecular flexibility index (Phi) is 13.5. The lowest BCUT2D eigenvalue weighted by atomic mass is 10.1. The van der Waals surface area contributed by atoms with Crippen LogP contribution in [0.3, 0.4) is 0 Å². The van der Waals surface area contributed by atoms with E-state index in [2.05, 4.69) is 11.7 Å². The van der Waals surface area contributed by atoms with Crippen LogP contribution in [0.2, 0.25) is 0 Å². The third kappa shape index (κ3) is 16.9. The van der Waals surface area contributed by atoms with Crippen LogP contribution < -0.4 is 0 Å². The monoisotopic (exact) mass is 314 g/mol. The Balaban J connectivity index is 3.01. The summed E-state index contributed by atoms with van der Waals surface area (Å²) in [5, 5.41) is 0. The molecule has 0 saturated carbocycles. The molecule has 0 aliphatic heterocycles. The van der Waals surface area contributed by atoms with Gasteiger partial charge in [0.25, 0.3) is 0 Å². The Labute approximate surface area is 120 Å². The first-order valence-corrected chi connectivity index (χ1v) is 10.7. The molecule has 0 bridgehead atoms. The second kappa shape index (κ2) is 12.9. The Hall–Kier alpha value is 0.850. The molecule has 110 valence electrons. The summed E-state index contributed by atoms with van der Waals surface area (Å²) in [6, 6.07) is 0. The fourth-order valence-corrected chi connectivity index (χ4v) is 3.25. The maximum Gasteiger partial charge on any atom is 0.325 e. The lowest BCUT2D eigenvalue weighted by molar-refractivity contribution is 0.370. The van der Waals surface area contributed by atoms with Crippen molar-refractivity contribution in [3.05, 3.63) is 0 Å². The van der Waals surface area contributed by atoms with Crippen LogP contribution in [0, 0.1) is 0 Å². The van der Waals surface area contributed by atoms with Gasteiger partial charge in [0.2, 0.25) is 0 Å². The Morgan fingerprint density at radius 3 is 1.56 bits per heavy atom. The quantitative estimate of drug-likeness (QED) is 0.200. The predicted molar refractivity (Wildman–Crippen MR) is 84.5 cm³/mol. The lowest BCUT2D eigenvalue weighted by Gasteiger charge is -2.04. The molecular formula is C12H27O3PS2. The zero-order chi connectivity index (χ0) is 13.7. The van der Waals surface area contributed by atoms with Crippen molar-refractivity contribution < 1.29 is 14.4 Å². The zero-order valence-electron chi connectivity index (χ0n) is 11.1. The van der Waals surface area contributed by atoms with Crippen LogP contribution >= 0.6 is 30.1 Å². The Morgan fingerprint density at radius 2 is 1.17 bits per heavy atom. The minimum absolute atomic E-state index is 0.0517. The summed E-state index contributed by atoms with van der Waals surface area (Å²) in [5.41, 5.74) is 0. The molecule has 3 nitrogen and oxygen atoms in total. The van der Waals surface area contributed by atoms with E-state index < -0.39 is 7.60 Å². The molecule has 0 unspecified atom stereocenters. The minimum atomic E-state index is -3.75. The van der Waals surface area contributed by atoms with Gasteiger partial charge in [-0.25, -0.2) is 0 Å². The normalized spacial score (nSPS) is 11.9. The second-order valence-corrected chi connectivity index (χ2v) is 7.97. The van der Waals surface area contributed by atoms with E-state index in [-0.39, 0.29) is 6.16 Å². The molecule has 18 heavy (non-hydrogen) atoms. The van der Waals surface area contributed by atoms with Gasteiger partial charge in [-0.3, -0.25) is 4.57 Å². The molecule has 0 heterocycles. The molecule has 0 aliphatic carbocycles. The molecule has 6 heteroatoms. The molecule has 0 rings (SSSR count). The highest BCUT2D eigenvalue weighted by Crippen LogP contribution is 2.35. The fourth-order valence-electron chi connectivity index (χ4n) is 1.90. The van der Waals surface area contributed by atoms with Crippen molar-refractivity contribution in [2.75, 3.05) is 11.9 Å². The summed E-state index contributed by atoms with van der Waals surface area (Å²) in [7, 11) is -2.13. The first-order valence-electron chi connectivity index (χ1n) is 6.87. The van der Waals surface area contributed by atoms with Gasteiger partial charge in [0.05, 0.1) is 0 Å². The van der Waals surface area contributed by atoms with Crippen LogP contribution in [0.15, 0.2) is 0 Å². The van der Waals surface area contributed by atoms with Gasteiger partial charge in [-0.05, 0) is 12.8 Å². The van der Waals surface area contributed by atoms with E-state index in [1.807, 2.05) is 0 Å². The average molecular weight is 314 g/mol. The van der Waals surface area contributed by atoms with E-state index >= 15 is 0 Å². The van der Waals surface area contributed by atoms with Gasteiger partial charge in [0, 0.05) is 11.9 Å². The number of hydrogen-bond acceptors (Lipinski definition) is 3. The highest BCUT2D eigenvalue weighted by atomic mass is 33.1. The van der Waals surface area contributed by atoms with Gasteiger partial charge in [0.1, 0.15) is 0 Å². The maximum atomic E-state index is 10.6. The summed E-state index contributed by atoms with van der Waals surface area (Å²) < 4.78 is 10.6. The van der Waals surface area contributed by atoms with Gasteiger partial charge < -0.3 is 9.79 Å². The van der Waals surface area contributed by atoms with Crippen molar-refractivity contribution in [2.45, 2.75) is 64.2 Å². The topological polar surface area (TPSA) is 57.5 Å². The molecule has 0 spiro atoms. The fraction of sp³-hybridized carbons (Fsp3) is 1.00. The Bertz CT molecular complexity index is 221. The van der Waals surface area contributed by atoms with Crippen molar-refractivity contribution in [2.24, 2.45) is 0 Å². The van der Waals surface area contributed by atoms with Gasteiger partial charge in [-0.2, -0.15) is 0 Å². The molecule has 0 radical (unpaired) electrons. The average Bonchev–Trinajstić information content (AvgIpc) is 2.29. The van der Waals surface area contributed by atoms with Gasteiger partial charge >= 0.3 is 7.60 Å². The lowest BCUT2D eigenvalue weighted by Crippen LogP contribution is -1.88. The first-order chi connectivity index (χ1) is 8.56. The summed E-state index contributed by atoms with van der Waals surface area (Å²) in [5.74, 6) is 1.16. The van der Waals surface area contributed by atoms with Crippen LogP contribution in [-0.2, 0) is 4.57 Å². The predicted octanol–water partition coefficient (Wildman–Crippen LogP) is 4.64. The molecule has 2 N–H and O–H groups in total. The molecular weight excluding hydrogens is 287 g/mol. The van der Waals surface area contributed by atoms with Crippen LogP contribution in [0.25, 0.3) is 0 Å². The highest BCUT2D eigenvalue weighted by molar-refractivity contribution is 8.68. The van der Waals surface area contributed by atoms with Crippen LogP contribution in [0.5, 0.6) is 0 Å².